The second kappa shape index (κ2) is 15.6. The van der Waals surface area contributed by atoms with Crippen molar-refractivity contribution in [3.8, 4) is 5.75 Å². The van der Waals surface area contributed by atoms with E-state index in [-0.39, 0.29) is 18.5 Å². The molecule has 7 heteroatoms. The Kier molecular flexibility index (Phi) is 12.0. The molecular weight excluding hydrogens is 538 g/mol. The van der Waals surface area contributed by atoms with Crippen molar-refractivity contribution in [2.45, 2.75) is 82.8 Å². The van der Waals surface area contributed by atoms with Gasteiger partial charge in [0.25, 0.3) is 6.47 Å². The minimum Gasteiger partial charge on any atom is -0.491 e. The van der Waals surface area contributed by atoms with E-state index in [2.05, 4.69) is 54.3 Å². The van der Waals surface area contributed by atoms with E-state index in [1.807, 2.05) is 13.2 Å². The molecule has 6 nitrogen and oxygen atoms in total. The molecule has 0 radical (unpaired) electrons. The summed E-state index contributed by atoms with van der Waals surface area (Å²) in [6.45, 7) is 4.48. The van der Waals surface area contributed by atoms with Crippen molar-refractivity contribution >= 4 is 23.8 Å². The first kappa shape index (κ1) is 31.4. The number of anilines is 1. The summed E-state index contributed by atoms with van der Waals surface area (Å²) in [5, 5.41) is 18.7. The third kappa shape index (κ3) is 8.06. The summed E-state index contributed by atoms with van der Waals surface area (Å²) in [4.78, 5) is 10.9. The van der Waals surface area contributed by atoms with Crippen LogP contribution in [0.3, 0.4) is 0 Å². The van der Waals surface area contributed by atoms with Crippen molar-refractivity contribution in [2.24, 2.45) is 11.8 Å². The summed E-state index contributed by atoms with van der Waals surface area (Å²) in [5.74, 6) is 2.28. The van der Waals surface area contributed by atoms with Gasteiger partial charge in [-0.1, -0.05) is 62.1 Å². The third-order valence-electron chi connectivity index (χ3n) is 8.95. The van der Waals surface area contributed by atoms with Crippen LogP contribution in [0.2, 0.25) is 5.02 Å². The summed E-state index contributed by atoms with van der Waals surface area (Å²) in [7, 11) is 1.86. The Labute approximate surface area is 250 Å². The van der Waals surface area contributed by atoms with E-state index >= 15 is 0 Å². The Morgan fingerprint density at radius 1 is 1.10 bits per heavy atom. The Morgan fingerprint density at radius 2 is 1.93 bits per heavy atom. The van der Waals surface area contributed by atoms with Gasteiger partial charge in [0.15, 0.2) is 0 Å². The summed E-state index contributed by atoms with van der Waals surface area (Å²) in [5.41, 5.74) is 4.80. The number of methoxy groups -OCH3 is 1. The number of aliphatic hydroxyl groups is 1. The number of aliphatic hydroxyl groups excluding tert-OH is 1. The van der Waals surface area contributed by atoms with Gasteiger partial charge in [-0.15, -0.1) is 0 Å². The van der Waals surface area contributed by atoms with E-state index < -0.39 is 6.10 Å². The number of fused-ring (bicyclic) bond motifs is 2. The second-order valence-electron chi connectivity index (χ2n) is 11.6. The van der Waals surface area contributed by atoms with Crippen LogP contribution in [0.5, 0.6) is 5.75 Å². The van der Waals surface area contributed by atoms with Crippen LogP contribution >= 0.6 is 11.6 Å². The molecule has 224 valence electrons. The number of ether oxygens (including phenoxy) is 2. The highest BCUT2D eigenvalue weighted by molar-refractivity contribution is 6.30. The van der Waals surface area contributed by atoms with Crippen LogP contribution in [0.1, 0.15) is 87.0 Å². The van der Waals surface area contributed by atoms with E-state index in [4.69, 9.17) is 31.0 Å². The van der Waals surface area contributed by atoms with Crippen LogP contribution < -0.4 is 9.64 Å². The predicted octanol–water partition coefficient (Wildman–Crippen LogP) is 7.57. The number of benzene rings is 2. The molecule has 2 bridgehead atoms. The van der Waals surface area contributed by atoms with Crippen LogP contribution in [-0.2, 0) is 16.0 Å². The lowest BCUT2D eigenvalue weighted by Gasteiger charge is -2.43. The molecule has 0 aromatic heterocycles. The van der Waals surface area contributed by atoms with E-state index in [1.165, 1.54) is 24.0 Å². The smallest absolute Gasteiger partial charge is 0.290 e. The van der Waals surface area contributed by atoms with Gasteiger partial charge in [0.1, 0.15) is 5.75 Å². The van der Waals surface area contributed by atoms with Crippen molar-refractivity contribution in [3.63, 3.8) is 0 Å². The molecule has 0 saturated heterocycles. The largest absolute Gasteiger partial charge is 0.491 e. The second-order valence-corrected chi connectivity index (χ2v) is 12.1. The van der Waals surface area contributed by atoms with Gasteiger partial charge in [-0.3, -0.25) is 4.79 Å². The topological polar surface area (TPSA) is 79.2 Å². The van der Waals surface area contributed by atoms with Crippen LogP contribution in [0.4, 0.5) is 5.69 Å². The molecule has 2 heterocycles. The molecule has 3 aliphatic rings. The zero-order valence-corrected chi connectivity index (χ0v) is 25.3. The average Bonchev–Trinajstić information content (AvgIpc) is 3.13. The van der Waals surface area contributed by atoms with Gasteiger partial charge in [-0.25, -0.2) is 0 Å². The highest BCUT2D eigenvalue weighted by atomic mass is 35.5. The van der Waals surface area contributed by atoms with Crippen LogP contribution in [-0.4, -0.2) is 49.6 Å². The Morgan fingerprint density at radius 3 is 2.66 bits per heavy atom. The summed E-state index contributed by atoms with van der Waals surface area (Å²) >= 11 is 6.41. The maximum Gasteiger partial charge on any atom is 0.290 e. The van der Waals surface area contributed by atoms with E-state index in [9.17, 15) is 5.11 Å². The Hall–Kier alpha value is -2.54. The number of hydrogen-bond acceptors (Lipinski definition) is 5. The lowest BCUT2D eigenvalue weighted by Crippen LogP contribution is -2.44. The van der Waals surface area contributed by atoms with Gasteiger partial charge in [0.2, 0.25) is 0 Å². The normalized spacial score (nSPS) is 27.1. The van der Waals surface area contributed by atoms with Crippen LogP contribution in [0, 0.1) is 11.8 Å². The molecule has 2 aromatic rings. The molecule has 0 spiro atoms. The first-order valence-electron chi connectivity index (χ1n) is 15.2. The fraction of sp³-hybridized carbons (Fsp3) is 0.559. The maximum atomic E-state index is 11.0. The summed E-state index contributed by atoms with van der Waals surface area (Å²) in [6.07, 6.45) is 14.1. The molecular formula is C34H46ClNO5. The lowest BCUT2D eigenvalue weighted by atomic mass is 9.70. The van der Waals surface area contributed by atoms with Gasteiger partial charge in [0.05, 0.1) is 24.5 Å². The lowest BCUT2D eigenvalue weighted by molar-refractivity contribution is -0.122. The quantitative estimate of drug-likeness (QED) is 0.285. The molecule has 2 aliphatic heterocycles. The van der Waals surface area contributed by atoms with E-state index in [0.29, 0.717) is 18.4 Å². The number of nitrogens with zero attached hydrogens (tertiary/aromatic N) is 1. The molecule has 1 saturated carbocycles. The molecule has 41 heavy (non-hydrogen) atoms. The molecule has 1 aliphatic carbocycles. The van der Waals surface area contributed by atoms with Crippen molar-refractivity contribution in [3.05, 3.63) is 70.3 Å². The number of allylic oxidation sites excluding steroid dienone is 1. The van der Waals surface area contributed by atoms with Crippen molar-refractivity contribution in [1.29, 1.82) is 0 Å². The number of aryl methyl sites for hydroxylation is 1. The van der Waals surface area contributed by atoms with E-state index in [0.717, 1.165) is 80.1 Å². The fourth-order valence-corrected chi connectivity index (χ4v) is 6.84. The molecule has 0 amide bonds. The van der Waals surface area contributed by atoms with Gasteiger partial charge >= 0.3 is 0 Å². The minimum absolute atomic E-state index is 0.181. The molecule has 2 aromatic carbocycles. The first-order valence-corrected chi connectivity index (χ1v) is 15.6. The average molecular weight is 584 g/mol. The predicted molar refractivity (Wildman–Crippen MR) is 165 cm³/mol. The molecule has 5 atom stereocenters. The molecule has 5 unspecified atom stereocenters. The number of halogens is 1. The first-order chi connectivity index (χ1) is 20.0. The number of carboxylic acid groups (broad SMARTS) is 1. The number of rotatable bonds is 4. The standard InChI is InChI=1S/C33H44ClNO3.CH2O2/c1-3-9-23-18-27(34)14-16-28(23)26-21-35-20-25-12-15-29(25)32(37-2)11-8-6-4-5-7-10-31(36)24-13-17-33(38-22-26)30(35)19-24;2-1-3/h8,11,13-14,16-19,25-26,29,31-32,36H,3-7,9-10,12,15,20-22H2,1-2H3;1H,(H,2,3)/b11-8+;. The number of hydrogen-bond donors (Lipinski definition) is 2. The van der Waals surface area contributed by atoms with Crippen molar-refractivity contribution < 1.29 is 24.5 Å². The third-order valence-corrected chi connectivity index (χ3v) is 9.19. The summed E-state index contributed by atoms with van der Waals surface area (Å²) < 4.78 is 12.5. The zero-order valence-electron chi connectivity index (χ0n) is 24.5. The highest BCUT2D eigenvalue weighted by Gasteiger charge is 2.38. The SMILES string of the molecule is CCCc1cc(Cl)ccc1C1COc2ccc3cc2N(C1)CC1CCC1C(OC)/C=C/CCCCCC3O.O=CO. The molecule has 5 rings (SSSR count). The van der Waals surface area contributed by atoms with Gasteiger partial charge in [-0.05, 0) is 91.3 Å². The monoisotopic (exact) mass is 583 g/mol. The highest BCUT2D eigenvalue weighted by Crippen LogP contribution is 2.43. The zero-order chi connectivity index (χ0) is 29.2. The molecule has 1 fully saturated rings. The maximum absolute atomic E-state index is 11.0. The Balaban J connectivity index is 0.00000124. The Bertz CT molecular complexity index is 1150. The van der Waals surface area contributed by atoms with Gasteiger partial charge < -0.3 is 24.6 Å². The summed E-state index contributed by atoms with van der Waals surface area (Å²) in [6, 6.07) is 12.7. The fourth-order valence-electron chi connectivity index (χ4n) is 6.64. The number of carbonyl (C=O) groups is 1. The van der Waals surface area contributed by atoms with Gasteiger partial charge in [0, 0.05) is 31.1 Å². The van der Waals surface area contributed by atoms with Crippen LogP contribution in [0.25, 0.3) is 0 Å². The minimum atomic E-state index is -0.439. The van der Waals surface area contributed by atoms with E-state index in [1.54, 1.807) is 0 Å². The molecule has 2 N–H and O–H groups in total. The van der Waals surface area contributed by atoms with Crippen LogP contribution in [0.15, 0.2) is 48.6 Å². The van der Waals surface area contributed by atoms with Crippen molar-refractivity contribution in [1.82, 2.24) is 0 Å². The van der Waals surface area contributed by atoms with Crippen molar-refractivity contribution in [2.75, 3.05) is 31.7 Å². The van der Waals surface area contributed by atoms with Gasteiger partial charge in [-0.2, -0.15) is 0 Å².